The molecular formula is C26H18. The summed E-state index contributed by atoms with van der Waals surface area (Å²) in [5, 5.41) is 5.12. The molecule has 0 amide bonds. The topological polar surface area (TPSA) is 0 Å². The fourth-order valence-corrected chi connectivity index (χ4v) is 3.70. The van der Waals surface area contributed by atoms with Crippen LogP contribution in [0.4, 0.5) is 0 Å². The second-order valence-corrected chi connectivity index (χ2v) is 6.67. The van der Waals surface area contributed by atoms with Gasteiger partial charge in [0.1, 0.15) is 0 Å². The van der Waals surface area contributed by atoms with Gasteiger partial charge < -0.3 is 0 Å². The third-order valence-electron chi connectivity index (χ3n) is 5.03. The molecule has 0 nitrogen and oxygen atoms in total. The van der Waals surface area contributed by atoms with E-state index in [4.69, 9.17) is 0 Å². The summed E-state index contributed by atoms with van der Waals surface area (Å²) in [6, 6.07) is 39.2. The molecule has 0 aromatic heterocycles. The Bertz CT molecular complexity index is 1220. The van der Waals surface area contributed by atoms with Crippen LogP contribution in [-0.4, -0.2) is 0 Å². The van der Waals surface area contributed by atoms with Crippen LogP contribution in [0.15, 0.2) is 109 Å². The zero-order valence-electron chi connectivity index (χ0n) is 14.4. The smallest absolute Gasteiger partial charge is 0.00992 e. The lowest BCUT2D eigenvalue weighted by atomic mass is 9.92. The van der Waals surface area contributed by atoms with Crippen LogP contribution in [0.25, 0.3) is 43.8 Å². The van der Waals surface area contributed by atoms with E-state index in [1.54, 1.807) is 0 Å². The summed E-state index contributed by atoms with van der Waals surface area (Å²) >= 11 is 0. The van der Waals surface area contributed by atoms with Crippen LogP contribution in [0, 0.1) is 0 Å². The molecule has 5 rings (SSSR count). The van der Waals surface area contributed by atoms with Gasteiger partial charge in [-0.05, 0) is 62.0 Å². The highest BCUT2D eigenvalue weighted by molar-refractivity contribution is 6.00. The van der Waals surface area contributed by atoms with Crippen molar-refractivity contribution in [2.24, 2.45) is 0 Å². The summed E-state index contributed by atoms with van der Waals surface area (Å²) in [4.78, 5) is 0. The second-order valence-electron chi connectivity index (χ2n) is 6.67. The molecule has 0 saturated carbocycles. The molecule has 0 saturated heterocycles. The first-order chi connectivity index (χ1) is 12.9. The molecule has 26 heavy (non-hydrogen) atoms. The van der Waals surface area contributed by atoms with Gasteiger partial charge in [0.2, 0.25) is 0 Å². The van der Waals surface area contributed by atoms with Gasteiger partial charge >= 0.3 is 0 Å². The SMILES string of the molecule is c1ccc(-c2cc(-c3ccc4ccccc4c3)cc3ccccc23)cc1. The lowest BCUT2D eigenvalue weighted by Crippen LogP contribution is -1.85. The molecule has 0 aliphatic carbocycles. The first-order valence-corrected chi connectivity index (χ1v) is 8.96. The van der Waals surface area contributed by atoms with Gasteiger partial charge in [0.15, 0.2) is 0 Å². The molecule has 0 aliphatic rings. The lowest BCUT2D eigenvalue weighted by molar-refractivity contribution is 1.63. The molecule has 122 valence electrons. The van der Waals surface area contributed by atoms with Crippen molar-refractivity contribution < 1.29 is 0 Å². The number of hydrogen-bond donors (Lipinski definition) is 0. The van der Waals surface area contributed by atoms with Crippen molar-refractivity contribution in [2.75, 3.05) is 0 Å². The highest BCUT2D eigenvalue weighted by Crippen LogP contribution is 2.34. The molecule has 0 spiro atoms. The van der Waals surface area contributed by atoms with Gasteiger partial charge in [-0.25, -0.2) is 0 Å². The summed E-state index contributed by atoms with van der Waals surface area (Å²) in [6.07, 6.45) is 0. The maximum Gasteiger partial charge on any atom is -0.00992 e. The van der Waals surface area contributed by atoms with Crippen molar-refractivity contribution in [2.45, 2.75) is 0 Å². The highest BCUT2D eigenvalue weighted by Gasteiger charge is 2.08. The average Bonchev–Trinajstić information content (AvgIpc) is 2.73. The minimum absolute atomic E-state index is 1.26. The quantitative estimate of drug-likeness (QED) is 0.318. The Morgan fingerprint density at radius 3 is 1.85 bits per heavy atom. The molecule has 0 N–H and O–H groups in total. The highest BCUT2D eigenvalue weighted by atomic mass is 14.1. The summed E-state index contributed by atoms with van der Waals surface area (Å²) in [5.74, 6) is 0. The minimum Gasteiger partial charge on any atom is -0.0622 e. The fraction of sp³-hybridized carbons (Fsp3) is 0. The van der Waals surface area contributed by atoms with Crippen molar-refractivity contribution in [3.05, 3.63) is 109 Å². The molecule has 0 unspecified atom stereocenters. The second kappa shape index (κ2) is 6.16. The van der Waals surface area contributed by atoms with Crippen LogP contribution in [-0.2, 0) is 0 Å². The van der Waals surface area contributed by atoms with Crippen LogP contribution >= 0.6 is 0 Å². The zero-order chi connectivity index (χ0) is 17.3. The maximum atomic E-state index is 2.32. The lowest BCUT2D eigenvalue weighted by Gasteiger charge is -2.12. The average molecular weight is 330 g/mol. The van der Waals surface area contributed by atoms with Crippen LogP contribution in [0.2, 0.25) is 0 Å². The molecule has 0 bridgehead atoms. The first-order valence-electron chi connectivity index (χ1n) is 8.96. The molecular weight excluding hydrogens is 312 g/mol. The summed E-state index contributed by atoms with van der Waals surface area (Å²) in [5.41, 5.74) is 5.05. The Labute approximate surface area is 153 Å². The largest absolute Gasteiger partial charge is 0.0622 e. The summed E-state index contributed by atoms with van der Waals surface area (Å²) < 4.78 is 0. The third-order valence-corrected chi connectivity index (χ3v) is 5.03. The normalized spacial score (nSPS) is 11.1. The predicted molar refractivity (Wildman–Crippen MR) is 112 cm³/mol. The predicted octanol–water partition coefficient (Wildman–Crippen LogP) is 7.33. The van der Waals surface area contributed by atoms with Crippen LogP contribution in [0.5, 0.6) is 0 Å². The number of benzene rings is 5. The standard InChI is InChI=1S/C26H18/c1-2-9-20(10-3-1)26-18-24(17-23-12-6-7-13-25(23)26)22-15-14-19-8-4-5-11-21(19)16-22/h1-18H. The van der Waals surface area contributed by atoms with Crippen LogP contribution in [0.1, 0.15) is 0 Å². The van der Waals surface area contributed by atoms with Gasteiger partial charge in [-0.3, -0.25) is 0 Å². The minimum atomic E-state index is 1.26. The van der Waals surface area contributed by atoms with Gasteiger partial charge in [-0.1, -0.05) is 91.0 Å². The van der Waals surface area contributed by atoms with E-state index in [9.17, 15) is 0 Å². The molecule has 0 atom stereocenters. The molecule has 0 heteroatoms. The van der Waals surface area contributed by atoms with Crippen molar-refractivity contribution in [3.63, 3.8) is 0 Å². The van der Waals surface area contributed by atoms with Gasteiger partial charge in [0.05, 0.1) is 0 Å². The third kappa shape index (κ3) is 2.57. The van der Waals surface area contributed by atoms with Crippen molar-refractivity contribution in [1.29, 1.82) is 0 Å². The Morgan fingerprint density at radius 2 is 1.00 bits per heavy atom. The zero-order valence-corrected chi connectivity index (χ0v) is 14.4. The van der Waals surface area contributed by atoms with Crippen molar-refractivity contribution in [3.8, 4) is 22.3 Å². The van der Waals surface area contributed by atoms with E-state index < -0.39 is 0 Å². The van der Waals surface area contributed by atoms with E-state index in [-0.39, 0.29) is 0 Å². The van der Waals surface area contributed by atoms with Crippen LogP contribution in [0.3, 0.4) is 0 Å². The molecule has 5 aromatic carbocycles. The first kappa shape index (κ1) is 14.9. The molecule has 5 aromatic rings. The molecule has 0 aliphatic heterocycles. The monoisotopic (exact) mass is 330 g/mol. The number of hydrogen-bond acceptors (Lipinski definition) is 0. The Hall–Kier alpha value is -3.38. The number of fused-ring (bicyclic) bond motifs is 2. The fourth-order valence-electron chi connectivity index (χ4n) is 3.70. The summed E-state index contributed by atoms with van der Waals surface area (Å²) in [6.45, 7) is 0. The van der Waals surface area contributed by atoms with Crippen molar-refractivity contribution in [1.82, 2.24) is 0 Å². The van der Waals surface area contributed by atoms with Gasteiger partial charge in [-0.2, -0.15) is 0 Å². The number of rotatable bonds is 2. The summed E-state index contributed by atoms with van der Waals surface area (Å²) in [7, 11) is 0. The molecule has 0 fully saturated rings. The van der Waals surface area contributed by atoms with Crippen LogP contribution < -0.4 is 0 Å². The Balaban J connectivity index is 1.77. The van der Waals surface area contributed by atoms with E-state index in [1.165, 1.54) is 43.8 Å². The maximum absolute atomic E-state index is 2.32. The molecule has 0 radical (unpaired) electrons. The van der Waals surface area contributed by atoms with Gasteiger partial charge in [0, 0.05) is 0 Å². The van der Waals surface area contributed by atoms with E-state index in [1.807, 2.05) is 0 Å². The van der Waals surface area contributed by atoms with E-state index in [0.717, 1.165) is 0 Å². The van der Waals surface area contributed by atoms with E-state index in [0.29, 0.717) is 0 Å². The van der Waals surface area contributed by atoms with Crippen molar-refractivity contribution >= 4 is 21.5 Å². The van der Waals surface area contributed by atoms with E-state index >= 15 is 0 Å². The molecule has 0 heterocycles. The van der Waals surface area contributed by atoms with Gasteiger partial charge in [-0.15, -0.1) is 0 Å². The van der Waals surface area contributed by atoms with E-state index in [2.05, 4.69) is 109 Å². The Morgan fingerprint density at radius 1 is 0.346 bits per heavy atom. The Kier molecular flexibility index (Phi) is 3.54. The van der Waals surface area contributed by atoms with Gasteiger partial charge in [0.25, 0.3) is 0 Å².